The summed E-state index contributed by atoms with van der Waals surface area (Å²) >= 11 is 1.49. The zero-order valence-corrected chi connectivity index (χ0v) is 21.5. The smallest absolute Gasteiger partial charge is 0.444 e. The standard InChI is InChI=1S/C26H28F3N3O4S/c1-25(2,3)36-24(34)30-10-5-7-18-14-31-23(33)21-13-20(22(32(18)21)17-9-11-37-15-17)16-6-4-8-19(12-16)35-26(27,28)29/h4,6,8-9,11-13,15,18H,5,7,10,14H2,1-3H3,(H,30,34)(H,31,33). The van der Waals surface area contributed by atoms with E-state index in [1.165, 1.54) is 29.5 Å². The number of carbonyl (C=O) groups excluding carboxylic acids is 2. The Morgan fingerprint density at radius 3 is 2.65 bits per heavy atom. The number of alkyl carbamates (subject to hydrolysis) is 1. The Labute approximate surface area is 216 Å². The predicted octanol–water partition coefficient (Wildman–Crippen LogP) is 6.37. The van der Waals surface area contributed by atoms with Gasteiger partial charge in [0.2, 0.25) is 0 Å². The van der Waals surface area contributed by atoms with Gasteiger partial charge in [-0.1, -0.05) is 12.1 Å². The van der Waals surface area contributed by atoms with Gasteiger partial charge in [-0.15, -0.1) is 13.2 Å². The van der Waals surface area contributed by atoms with E-state index < -0.39 is 18.1 Å². The van der Waals surface area contributed by atoms with Crippen LogP contribution in [0.25, 0.3) is 22.4 Å². The zero-order valence-electron chi connectivity index (χ0n) is 20.6. The average molecular weight is 536 g/mol. The molecule has 198 valence electrons. The molecule has 3 heterocycles. The summed E-state index contributed by atoms with van der Waals surface area (Å²) in [6, 6.07) is 9.25. The SMILES string of the molecule is CC(C)(C)OC(=O)NCCCC1CNC(=O)c2cc(-c3cccc(OC(F)(F)F)c3)c(-c3ccsc3)n21. The lowest BCUT2D eigenvalue weighted by atomic mass is 10.0. The average Bonchev–Trinajstić information content (AvgIpc) is 3.44. The number of halogens is 3. The van der Waals surface area contributed by atoms with Crippen LogP contribution in [0.4, 0.5) is 18.0 Å². The van der Waals surface area contributed by atoms with Crippen molar-refractivity contribution in [3.8, 4) is 28.1 Å². The monoisotopic (exact) mass is 535 g/mol. The Morgan fingerprint density at radius 2 is 1.97 bits per heavy atom. The highest BCUT2D eigenvalue weighted by atomic mass is 32.1. The number of alkyl halides is 3. The number of hydrogen-bond acceptors (Lipinski definition) is 5. The molecular formula is C26H28F3N3O4S. The minimum absolute atomic E-state index is 0.119. The summed E-state index contributed by atoms with van der Waals surface area (Å²) in [6.45, 7) is 6.16. The molecule has 0 radical (unpaired) electrons. The van der Waals surface area contributed by atoms with Crippen molar-refractivity contribution in [3.63, 3.8) is 0 Å². The van der Waals surface area contributed by atoms with Gasteiger partial charge in [0.25, 0.3) is 5.91 Å². The van der Waals surface area contributed by atoms with Gasteiger partial charge in [-0.3, -0.25) is 4.79 Å². The lowest BCUT2D eigenvalue weighted by Crippen LogP contribution is -2.39. The highest BCUT2D eigenvalue weighted by Crippen LogP contribution is 2.41. The summed E-state index contributed by atoms with van der Waals surface area (Å²) in [6.07, 6.45) is -4.03. The first-order valence-corrected chi connectivity index (χ1v) is 12.7. The van der Waals surface area contributed by atoms with E-state index in [-0.39, 0.29) is 17.7 Å². The van der Waals surface area contributed by atoms with Crippen molar-refractivity contribution in [1.82, 2.24) is 15.2 Å². The molecule has 1 atom stereocenters. The number of benzene rings is 1. The third kappa shape index (κ3) is 6.65. The largest absolute Gasteiger partial charge is 0.573 e. The van der Waals surface area contributed by atoms with E-state index in [9.17, 15) is 22.8 Å². The molecule has 37 heavy (non-hydrogen) atoms. The Bertz CT molecular complexity index is 1260. The fraction of sp³-hybridized carbons (Fsp3) is 0.385. The molecule has 0 aliphatic carbocycles. The normalized spacial score (nSPS) is 15.6. The molecule has 0 saturated heterocycles. The molecule has 0 fully saturated rings. The van der Waals surface area contributed by atoms with Crippen LogP contribution < -0.4 is 15.4 Å². The molecule has 0 bridgehead atoms. The number of rotatable bonds is 7. The number of nitrogens with zero attached hydrogens (tertiary/aromatic N) is 1. The van der Waals surface area contributed by atoms with Gasteiger partial charge >= 0.3 is 12.5 Å². The number of amides is 2. The van der Waals surface area contributed by atoms with Crippen molar-refractivity contribution in [2.75, 3.05) is 13.1 Å². The molecule has 0 spiro atoms. The summed E-state index contributed by atoms with van der Waals surface area (Å²) in [5.74, 6) is -0.590. The van der Waals surface area contributed by atoms with Crippen LogP contribution in [0.5, 0.6) is 5.75 Å². The zero-order chi connectivity index (χ0) is 26.8. The van der Waals surface area contributed by atoms with Gasteiger partial charge < -0.3 is 24.7 Å². The summed E-state index contributed by atoms with van der Waals surface area (Å²) in [4.78, 5) is 24.8. The van der Waals surface area contributed by atoms with Gasteiger partial charge in [0.1, 0.15) is 17.0 Å². The van der Waals surface area contributed by atoms with E-state index in [0.717, 1.165) is 11.3 Å². The van der Waals surface area contributed by atoms with Crippen LogP contribution in [0.3, 0.4) is 0 Å². The number of carbonyl (C=O) groups is 2. The number of nitrogens with one attached hydrogen (secondary N) is 2. The van der Waals surface area contributed by atoms with Gasteiger partial charge in [-0.2, -0.15) is 11.3 Å². The van der Waals surface area contributed by atoms with Crippen molar-refractivity contribution in [1.29, 1.82) is 0 Å². The third-order valence-corrected chi connectivity index (χ3v) is 6.37. The van der Waals surface area contributed by atoms with E-state index in [4.69, 9.17) is 4.74 Å². The van der Waals surface area contributed by atoms with E-state index >= 15 is 0 Å². The Morgan fingerprint density at radius 1 is 1.19 bits per heavy atom. The van der Waals surface area contributed by atoms with Gasteiger partial charge in [0.05, 0.1) is 11.7 Å². The first-order valence-electron chi connectivity index (χ1n) is 11.8. The molecule has 1 unspecified atom stereocenters. The molecule has 11 heteroatoms. The Hall–Kier alpha value is -3.47. The highest BCUT2D eigenvalue weighted by Gasteiger charge is 2.33. The molecule has 1 aliphatic rings. The van der Waals surface area contributed by atoms with Crippen molar-refractivity contribution in [2.45, 2.75) is 51.6 Å². The molecule has 2 amide bonds. The van der Waals surface area contributed by atoms with Gasteiger partial charge in [0.15, 0.2) is 0 Å². The molecule has 4 rings (SSSR count). The highest BCUT2D eigenvalue weighted by molar-refractivity contribution is 7.08. The van der Waals surface area contributed by atoms with Crippen molar-refractivity contribution >= 4 is 23.3 Å². The lowest BCUT2D eigenvalue weighted by molar-refractivity contribution is -0.274. The van der Waals surface area contributed by atoms with Crippen molar-refractivity contribution in [2.24, 2.45) is 0 Å². The van der Waals surface area contributed by atoms with Crippen LogP contribution in [0.15, 0.2) is 47.2 Å². The predicted molar refractivity (Wildman–Crippen MR) is 135 cm³/mol. The molecule has 2 aromatic heterocycles. The van der Waals surface area contributed by atoms with Crippen LogP contribution in [-0.4, -0.2) is 41.6 Å². The molecule has 1 aliphatic heterocycles. The van der Waals surface area contributed by atoms with E-state index in [1.54, 1.807) is 32.9 Å². The first kappa shape index (κ1) is 26.6. The van der Waals surface area contributed by atoms with Crippen LogP contribution in [0.2, 0.25) is 0 Å². The topological polar surface area (TPSA) is 81.6 Å². The Kier molecular flexibility index (Phi) is 7.54. The van der Waals surface area contributed by atoms with Crippen LogP contribution in [0.1, 0.15) is 50.1 Å². The Balaban J connectivity index is 1.64. The molecular weight excluding hydrogens is 507 g/mol. The second kappa shape index (κ2) is 10.5. The van der Waals surface area contributed by atoms with Crippen molar-refractivity contribution in [3.05, 3.63) is 52.9 Å². The fourth-order valence-corrected chi connectivity index (χ4v) is 4.96. The number of aromatic nitrogens is 1. The number of thiophene rings is 1. The number of fused-ring (bicyclic) bond motifs is 1. The first-order chi connectivity index (χ1) is 17.4. The molecule has 3 aromatic rings. The maximum Gasteiger partial charge on any atom is 0.573 e. The minimum Gasteiger partial charge on any atom is -0.444 e. The van der Waals surface area contributed by atoms with Crippen LogP contribution >= 0.6 is 11.3 Å². The number of ether oxygens (including phenoxy) is 2. The van der Waals surface area contributed by atoms with Crippen molar-refractivity contribution < 1.29 is 32.2 Å². The van der Waals surface area contributed by atoms with Gasteiger partial charge in [-0.25, -0.2) is 4.79 Å². The quantitative estimate of drug-likeness (QED) is 0.345. The van der Waals surface area contributed by atoms with Crippen LogP contribution in [0, 0.1) is 0 Å². The third-order valence-electron chi connectivity index (χ3n) is 5.69. The van der Waals surface area contributed by atoms with Crippen LogP contribution in [-0.2, 0) is 4.74 Å². The molecule has 0 saturated carbocycles. The molecule has 7 nitrogen and oxygen atoms in total. The summed E-state index contributed by atoms with van der Waals surface area (Å²) in [7, 11) is 0. The van der Waals surface area contributed by atoms with Gasteiger partial charge in [-0.05, 0) is 68.8 Å². The maximum absolute atomic E-state index is 12.8. The summed E-state index contributed by atoms with van der Waals surface area (Å²) < 4.78 is 49.9. The minimum atomic E-state index is -4.81. The maximum atomic E-state index is 12.8. The van der Waals surface area contributed by atoms with E-state index in [2.05, 4.69) is 15.4 Å². The van der Waals surface area contributed by atoms with E-state index in [0.29, 0.717) is 42.8 Å². The van der Waals surface area contributed by atoms with Gasteiger partial charge in [0, 0.05) is 29.6 Å². The second-order valence-electron chi connectivity index (χ2n) is 9.68. The molecule has 1 aromatic carbocycles. The number of hydrogen-bond donors (Lipinski definition) is 2. The summed E-state index contributed by atoms with van der Waals surface area (Å²) in [5.41, 5.74) is 2.58. The van der Waals surface area contributed by atoms with E-state index in [1.807, 2.05) is 21.4 Å². The lowest BCUT2D eigenvalue weighted by Gasteiger charge is -2.29. The fourth-order valence-electron chi connectivity index (χ4n) is 4.32. The molecule has 2 N–H and O–H groups in total. The second-order valence-corrected chi connectivity index (χ2v) is 10.5. The summed E-state index contributed by atoms with van der Waals surface area (Å²) in [5, 5.41) is 9.50.